The number of hydrogen-bond acceptors (Lipinski definition) is 4. The van der Waals surface area contributed by atoms with Crippen LogP contribution in [-0.4, -0.2) is 63.3 Å². The summed E-state index contributed by atoms with van der Waals surface area (Å²) in [5, 5.41) is 5.95. The van der Waals surface area contributed by atoms with Crippen LogP contribution in [0, 0.1) is 0 Å². The van der Waals surface area contributed by atoms with Gasteiger partial charge in [-0.3, -0.25) is 4.79 Å². The van der Waals surface area contributed by atoms with Crippen LogP contribution in [0.2, 0.25) is 0 Å². The highest BCUT2D eigenvalue weighted by Crippen LogP contribution is 2.08. The summed E-state index contributed by atoms with van der Waals surface area (Å²) < 4.78 is 5.69. The minimum Gasteiger partial charge on any atom is -0.374 e. The van der Waals surface area contributed by atoms with Crippen LogP contribution in [0.4, 0.5) is 0 Å². The second-order valence-corrected chi connectivity index (χ2v) is 4.26. The molecule has 1 aliphatic heterocycles. The van der Waals surface area contributed by atoms with Crippen molar-refractivity contribution in [3.05, 3.63) is 0 Å². The van der Waals surface area contributed by atoms with Gasteiger partial charge in [0.15, 0.2) is 0 Å². The Balaban J connectivity index is 2.28. The lowest BCUT2D eigenvalue weighted by Gasteiger charge is -2.34. The van der Waals surface area contributed by atoms with E-state index in [0.29, 0.717) is 12.5 Å². The zero-order chi connectivity index (χ0) is 12.0. The fraction of sp³-hybridized carbons (Fsp3) is 0.909. The SMILES string of the molecule is CNC(=O)CCN(C)C(C)C1CNCCO1. The number of amides is 1. The van der Waals surface area contributed by atoms with Gasteiger partial charge in [0, 0.05) is 39.1 Å². The number of rotatable bonds is 5. The van der Waals surface area contributed by atoms with Crippen molar-refractivity contribution in [1.82, 2.24) is 15.5 Å². The van der Waals surface area contributed by atoms with Crippen LogP contribution >= 0.6 is 0 Å². The van der Waals surface area contributed by atoms with Gasteiger partial charge in [0.25, 0.3) is 0 Å². The Morgan fingerprint density at radius 3 is 3.00 bits per heavy atom. The number of ether oxygens (including phenoxy) is 1. The standard InChI is InChI=1S/C11H23N3O2/c1-9(10-8-13-5-7-16-10)14(3)6-4-11(15)12-2/h9-10,13H,4-8H2,1-3H3,(H,12,15). The van der Waals surface area contributed by atoms with Crippen LogP contribution < -0.4 is 10.6 Å². The Labute approximate surface area is 97.5 Å². The Bertz CT molecular complexity index is 217. The average molecular weight is 229 g/mol. The van der Waals surface area contributed by atoms with E-state index in [1.165, 1.54) is 0 Å². The fourth-order valence-electron chi connectivity index (χ4n) is 1.79. The molecule has 5 nitrogen and oxygen atoms in total. The first-order valence-electron chi connectivity index (χ1n) is 5.88. The lowest BCUT2D eigenvalue weighted by Crippen LogP contribution is -2.50. The van der Waals surface area contributed by atoms with Gasteiger partial charge in [-0.15, -0.1) is 0 Å². The first-order valence-corrected chi connectivity index (χ1v) is 5.88. The van der Waals surface area contributed by atoms with Crippen LogP contribution in [0.25, 0.3) is 0 Å². The van der Waals surface area contributed by atoms with E-state index >= 15 is 0 Å². The van der Waals surface area contributed by atoms with Crippen molar-refractivity contribution >= 4 is 5.91 Å². The molecule has 0 radical (unpaired) electrons. The smallest absolute Gasteiger partial charge is 0.221 e. The Morgan fingerprint density at radius 2 is 2.44 bits per heavy atom. The Kier molecular flexibility index (Phi) is 5.73. The first kappa shape index (κ1) is 13.4. The molecular weight excluding hydrogens is 206 g/mol. The topological polar surface area (TPSA) is 53.6 Å². The van der Waals surface area contributed by atoms with Gasteiger partial charge in [-0.2, -0.15) is 0 Å². The molecule has 0 spiro atoms. The summed E-state index contributed by atoms with van der Waals surface area (Å²) in [5.41, 5.74) is 0. The average Bonchev–Trinajstić information content (AvgIpc) is 2.35. The van der Waals surface area contributed by atoms with Crippen molar-refractivity contribution in [2.75, 3.05) is 40.3 Å². The summed E-state index contributed by atoms with van der Waals surface area (Å²) in [7, 11) is 3.70. The molecule has 94 valence electrons. The summed E-state index contributed by atoms with van der Waals surface area (Å²) in [6, 6.07) is 0.331. The van der Waals surface area contributed by atoms with E-state index in [1.54, 1.807) is 7.05 Å². The van der Waals surface area contributed by atoms with E-state index in [1.807, 2.05) is 7.05 Å². The second kappa shape index (κ2) is 6.83. The molecule has 1 aliphatic rings. The molecule has 0 aromatic rings. The van der Waals surface area contributed by atoms with Gasteiger partial charge >= 0.3 is 0 Å². The Hall–Kier alpha value is -0.650. The number of nitrogens with one attached hydrogen (secondary N) is 2. The quantitative estimate of drug-likeness (QED) is 0.663. The molecule has 1 rings (SSSR count). The molecule has 0 aromatic carbocycles. The number of carbonyl (C=O) groups excluding carboxylic acids is 1. The third kappa shape index (κ3) is 4.08. The zero-order valence-corrected chi connectivity index (χ0v) is 10.5. The van der Waals surface area contributed by atoms with E-state index in [0.717, 1.165) is 26.2 Å². The highest BCUT2D eigenvalue weighted by Gasteiger charge is 2.23. The summed E-state index contributed by atoms with van der Waals surface area (Å²) in [5.74, 6) is 0.0849. The molecule has 2 unspecified atom stereocenters. The highest BCUT2D eigenvalue weighted by atomic mass is 16.5. The predicted molar refractivity (Wildman–Crippen MR) is 63.4 cm³/mol. The third-order valence-electron chi connectivity index (χ3n) is 3.16. The van der Waals surface area contributed by atoms with Crippen LogP contribution in [0.3, 0.4) is 0 Å². The van der Waals surface area contributed by atoms with Gasteiger partial charge in [-0.25, -0.2) is 0 Å². The molecule has 0 bridgehead atoms. The number of carbonyl (C=O) groups is 1. The fourth-order valence-corrected chi connectivity index (χ4v) is 1.79. The van der Waals surface area contributed by atoms with Gasteiger partial charge in [0.2, 0.25) is 5.91 Å². The minimum absolute atomic E-state index is 0.0849. The lowest BCUT2D eigenvalue weighted by atomic mass is 10.1. The molecule has 1 amide bonds. The largest absolute Gasteiger partial charge is 0.374 e. The molecular formula is C11H23N3O2. The predicted octanol–water partition coefficient (Wildman–Crippen LogP) is -0.569. The molecule has 0 saturated carbocycles. The minimum atomic E-state index is 0.0849. The number of nitrogens with zero attached hydrogens (tertiary/aromatic N) is 1. The van der Waals surface area contributed by atoms with Crippen LogP contribution in [0.15, 0.2) is 0 Å². The van der Waals surface area contributed by atoms with Gasteiger partial charge < -0.3 is 20.3 Å². The maximum absolute atomic E-state index is 11.1. The van der Waals surface area contributed by atoms with Crippen molar-refractivity contribution in [3.63, 3.8) is 0 Å². The van der Waals surface area contributed by atoms with Gasteiger partial charge in [-0.1, -0.05) is 0 Å². The van der Waals surface area contributed by atoms with Crippen molar-refractivity contribution < 1.29 is 9.53 Å². The summed E-state index contributed by atoms with van der Waals surface area (Å²) in [6.45, 7) is 5.51. The van der Waals surface area contributed by atoms with E-state index in [2.05, 4.69) is 22.5 Å². The molecule has 0 aliphatic carbocycles. The van der Waals surface area contributed by atoms with E-state index < -0.39 is 0 Å². The molecule has 1 fully saturated rings. The monoisotopic (exact) mass is 229 g/mol. The lowest BCUT2D eigenvalue weighted by molar-refractivity contribution is -0.121. The highest BCUT2D eigenvalue weighted by molar-refractivity contribution is 5.75. The summed E-state index contributed by atoms with van der Waals surface area (Å²) in [6.07, 6.45) is 0.765. The maximum atomic E-state index is 11.1. The third-order valence-corrected chi connectivity index (χ3v) is 3.16. The number of likely N-dealkylation sites (N-methyl/N-ethyl adjacent to an activating group) is 1. The second-order valence-electron chi connectivity index (χ2n) is 4.26. The molecule has 0 aromatic heterocycles. The van der Waals surface area contributed by atoms with Crippen LogP contribution in [-0.2, 0) is 9.53 Å². The number of hydrogen-bond donors (Lipinski definition) is 2. The first-order chi connectivity index (χ1) is 7.65. The van der Waals surface area contributed by atoms with E-state index in [9.17, 15) is 4.79 Å². The summed E-state index contributed by atoms with van der Waals surface area (Å²) in [4.78, 5) is 13.3. The van der Waals surface area contributed by atoms with Gasteiger partial charge in [0.05, 0.1) is 12.7 Å². The molecule has 1 saturated heterocycles. The molecule has 2 N–H and O–H groups in total. The van der Waals surface area contributed by atoms with Crippen molar-refractivity contribution in [2.45, 2.75) is 25.5 Å². The van der Waals surface area contributed by atoms with Crippen molar-refractivity contribution in [1.29, 1.82) is 0 Å². The normalized spacial score (nSPS) is 23.1. The van der Waals surface area contributed by atoms with Crippen LogP contribution in [0.5, 0.6) is 0 Å². The molecule has 5 heteroatoms. The summed E-state index contributed by atoms with van der Waals surface area (Å²) >= 11 is 0. The van der Waals surface area contributed by atoms with Crippen molar-refractivity contribution in [2.24, 2.45) is 0 Å². The molecule has 2 atom stereocenters. The molecule has 1 heterocycles. The van der Waals surface area contributed by atoms with E-state index in [-0.39, 0.29) is 12.0 Å². The van der Waals surface area contributed by atoms with Gasteiger partial charge in [0.1, 0.15) is 0 Å². The van der Waals surface area contributed by atoms with Crippen molar-refractivity contribution in [3.8, 4) is 0 Å². The molecule has 16 heavy (non-hydrogen) atoms. The zero-order valence-electron chi connectivity index (χ0n) is 10.5. The van der Waals surface area contributed by atoms with Gasteiger partial charge in [-0.05, 0) is 14.0 Å². The Morgan fingerprint density at radius 1 is 1.69 bits per heavy atom. The maximum Gasteiger partial charge on any atom is 0.221 e. The number of morpholine rings is 1. The van der Waals surface area contributed by atoms with Crippen LogP contribution in [0.1, 0.15) is 13.3 Å². The van der Waals surface area contributed by atoms with E-state index in [4.69, 9.17) is 4.74 Å².